The first-order chi connectivity index (χ1) is 6.81. The minimum atomic E-state index is -0.149. The van der Waals surface area contributed by atoms with E-state index in [4.69, 9.17) is 0 Å². The highest BCUT2D eigenvalue weighted by molar-refractivity contribution is 5.69. The molecule has 0 heterocycles. The van der Waals surface area contributed by atoms with E-state index in [9.17, 15) is 4.79 Å². The van der Waals surface area contributed by atoms with E-state index in [1.54, 1.807) is 0 Å². The van der Waals surface area contributed by atoms with E-state index < -0.39 is 0 Å². The monoisotopic (exact) mass is 199 g/mol. The van der Waals surface area contributed by atoms with E-state index in [1.165, 1.54) is 20.0 Å². The zero-order valence-electron chi connectivity index (χ0n) is 9.05. The van der Waals surface area contributed by atoms with E-state index in [1.807, 2.05) is 6.08 Å². The van der Waals surface area contributed by atoms with Crippen LogP contribution in [-0.4, -0.2) is 26.2 Å². The van der Waals surface area contributed by atoms with Crippen LogP contribution in [0.25, 0.3) is 0 Å². The number of hydrogen-bond acceptors (Lipinski definition) is 3. The first-order valence-electron chi connectivity index (χ1n) is 5.19. The molecule has 0 aliphatic carbocycles. The van der Waals surface area contributed by atoms with Gasteiger partial charge in [0.15, 0.2) is 0 Å². The smallest absolute Gasteiger partial charge is 0.306 e. The van der Waals surface area contributed by atoms with Crippen molar-refractivity contribution < 1.29 is 9.53 Å². The van der Waals surface area contributed by atoms with Gasteiger partial charge in [0.25, 0.3) is 0 Å². The lowest BCUT2D eigenvalue weighted by atomic mass is 10.2. The van der Waals surface area contributed by atoms with Crippen molar-refractivity contribution in [3.05, 3.63) is 12.7 Å². The summed E-state index contributed by atoms with van der Waals surface area (Å²) < 4.78 is 4.52. The molecule has 0 fully saturated rings. The summed E-state index contributed by atoms with van der Waals surface area (Å²) in [5.74, 6) is -0.149. The lowest BCUT2D eigenvalue weighted by molar-refractivity contribution is -0.140. The molecule has 3 heteroatoms. The summed E-state index contributed by atoms with van der Waals surface area (Å²) in [4.78, 5) is 10.7. The van der Waals surface area contributed by atoms with E-state index in [2.05, 4.69) is 16.6 Å². The van der Waals surface area contributed by atoms with Crippen molar-refractivity contribution >= 4 is 5.97 Å². The molecule has 0 aliphatic heterocycles. The Morgan fingerprint density at radius 3 is 2.79 bits per heavy atom. The van der Waals surface area contributed by atoms with Crippen LogP contribution in [0.15, 0.2) is 12.7 Å². The molecule has 0 rings (SSSR count). The fourth-order valence-electron chi connectivity index (χ4n) is 1.13. The van der Waals surface area contributed by atoms with Gasteiger partial charge in [-0.15, -0.1) is 6.58 Å². The second-order valence-electron chi connectivity index (χ2n) is 3.21. The molecular formula is C11H21NO2. The Balaban J connectivity index is 2.98. The molecule has 0 aliphatic rings. The van der Waals surface area contributed by atoms with Crippen LogP contribution in [-0.2, 0) is 9.53 Å². The molecule has 0 bridgehead atoms. The van der Waals surface area contributed by atoms with Gasteiger partial charge < -0.3 is 10.1 Å². The number of esters is 1. The minimum Gasteiger partial charge on any atom is -0.469 e. The number of carbonyl (C=O) groups is 1. The summed E-state index contributed by atoms with van der Waals surface area (Å²) in [6.45, 7) is 5.37. The van der Waals surface area contributed by atoms with Crippen LogP contribution in [0.2, 0.25) is 0 Å². The maximum Gasteiger partial charge on any atom is 0.306 e. The molecular weight excluding hydrogens is 178 g/mol. The van der Waals surface area contributed by atoms with E-state index in [0.29, 0.717) is 13.0 Å². The quantitative estimate of drug-likeness (QED) is 0.350. The maximum absolute atomic E-state index is 10.7. The van der Waals surface area contributed by atoms with Crippen molar-refractivity contribution in [2.24, 2.45) is 0 Å². The molecule has 82 valence electrons. The third-order valence-electron chi connectivity index (χ3n) is 2.00. The number of carbonyl (C=O) groups excluding carboxylic acids is 1. The van der Waals surface area contributed by atoms with E-state index in [-0.39, 0.29) is 5.97 Å². The van der Waals surface area contributed by atoms with Crippen LogP contribution in [0.3, 0.4) is 0 Å². The Bertz CT molecular complexity index is 157. The second-order valence-corrected chi connectivity index (χ2v) is 3.21. The Kier molecular flexibility index (Phi) is 9.64. The highest BCUT2D eigenvalue weighted by Crippen LogP contribution is 1.98. The first kappa shape index (κ1) is 13.2. The van der Waals surface area contributed by atoms with Crippen LogP contribution in [0.1, 0.15) is 32.1 Å². The number of allylic oxidation sites excluding steroid dienone is 1. The Morgan fingerprint density at radius 2 is 2.14 bits per heavy atom. The molecule has 14 heavy (non-hydrogen) atoms. The number of nitrogens with one attached hydrogen (secondary N) is 1. The van der Waals surface area contributed by atoms with Gasteiger partial charge in [0.05, 0.1) is 13.5 Å². The molecule has 0 aromatic heterocycles. The third-order valence-corrected chi connectivity index (χ3v) is 2.00. The lowest BCUT2D eigenvalue weighted by Gasteiger charge is -2.03. The van der Waals surface area contributed by atoms with Gasteiger partial charge >= 0.3 is 5.97 Å². The van der Waals surface area contributed by atoms with Gasteiger partial charge in [-0.25, -0.2) is 0 Å². The van der Waals surface area contributed by atoms with Crippen molar-refractivity contribution in [2.45, 2.75) is 32.1 Å². The van der Waals surface area contributed by atoms with E-state index in [0.717, 1.165) is 19.4 Å². The highest BCUT2D eigenvalue weighted by Gasteiger charge is 1.97. The summed E-state index contributed by atoms with van der Waals surface area (Å²) >= 11 is 0. The molecule has 0 saturated heterocycles. The molecule has 0 spiro atoms. The van der Waals surface area contributed by atoms with Gasteiger partial charge in [0.2, 0.25) is 0 Å². The largest absolute Gasteiger partial charge is 0.469 e. The second kappa shape index (κ2) is 10.3. The van der Waals surface area contributed by atoms with Gasteiger partial charge in [-0.05, 0) is 25.8 Å². The molecule has 1 N–H and O–H groups in total. The van der Waals surface area contributed by atoms with Gasteiger partial charge in [0.1, 0.15) is 0 Å². The normalized spacial score (nSPS) is 9.79. The molecule has 0 radical (unpaired) electrons. The maximum atomic E-state index is 10.7. The van der Waals surface area contributed by atoms with Gasteiger partial charge in [-0.1, -0.05) is 12.5 Å². The standard InChI is InChI=1S/C11H21NO2/c1-3-4-5-6-7-9-12-10-8-11(13)14-2/h3,12H,1,4-10H2,2H3. The van der Waals surface area contributed by atoms with Crippen LogP contribution in [0.5, 0.6) is 0 Å². The van der Waals surface area contributed by atoms with Crippen molar-refractivity contribution in [1.29, 1.82) is 0 Å². The van der Waals surface area contributed by atoms with Crippen molar-refractivity contribution in [3.8, 4) is 0 Å². The molecule has 0 unspecified atom stereocenters. The molecule has 0 amide bonds. The Labute approximate surface area is 86.5 Å². The molecule has 0 atom stereocenters. The van der Waals surface area contributed by atoms with Crippen LogP contribution in [0.4, 0.5) is 0 Å². The van der Waals surface area contributed by atoms with Gasteiger partial charge in [0, 0.05) is 6.54 Å². The summed E-state index contributed by atoms with van der Waals surface area (Å²) in [5, 5.41) is 3.20. The summed E-state index contributed by atoms with van der Waals surface area (Å²) in [5.41, 5.74) is 0. The van der Waals surface area contributed by atoms with E-state index >= 15 is 0 Å². The Morgan fingerprint density at radius 1 is 1.36 bits per heavy atom. The number of hydrogen-bond donors (Lipinski definition) is 1. The van der Waals surface area contributed by atoms with Crippen molar-refractivity contribution in [1.82, 2.24) is 5.32 Å². The molecule has 0 aromatic rings. The lowest BCUT2D eigenvalue weighted by Crippen LogP contribution is -2.19. The number of rotatable bonds is 9. The minimum absolute atomic E-state index is 0.149. The van der Waals surface area contributed by atoms with Gasteiger partial charge in [-0.2, -0.15) is 0 Å². The molecule has 0 saturated carbocycles. The van der Waals surface area contributed by atoms with Gasteiger partial charge in [-0.3, -0.25) is 4.79 Å². The van der Waals surface area contributed by atoms with Crippen LogP contribution >= 0.6 is 0 Å². The predicted molar refractivity (Wildman–Crippen MR) is 58.2 cm³/mol. The highest BCUT2D eigenvalue weighted by atomic mass is 16.5. The molecule has 0 aromatic carbocycles. The van der Waals surface area contributed by atoms with Crippen LogP contribution in [0, 0.1) is 0 Å². The fourth-order valence-corrected chi connectivity index (χ4v) is 1.13. The van der Waals surface area contributed by atoms with Crippen molar-refractivity contribution in [2.75, 3.05) is 20.2 Å². The number of unbranched alkanes of at least 4 members (excludes halogenated alkanes) is 3. The first-order valence-corrected chi connectivity index (χ1v) is 5.19. The number of ether oxygens (including phenoxy) is 1. The summed E-state index contributed by atoms with van der Waals surface area (Å²) in [6, 6.07) is 0. The zero-order valence-corrected chi connectivity index (χ0v) is 9.05. The van der Waals surface area contributed by atoms with Crippen LogP contribution < -0.4 is 5.32 Å². The topological polar surface area (TPSA) is 38.3 Å². The third kappa shape index (κ3) is 9.26. The SMILES string of the molecule is C=CCCCCCNCCC(=O)OC. The summed E-state index contributed by atoms with van der Waals surface area (Å²) in [6.07, 6.45) is 7.10. The van der Waals surface area contributed by atoms with Crippen molar-refractivity contribution in [3.63, 3.8) is 0 Å². The average molecular weight is 199 g/mol. The average Bonchev–Trinajstić information content (AvgIpc) is 2.21. The predicted octanol–water partition coefficient (Wildman–Crippen LogP) is 1.89. The summed E-state index contributed by atoms with van der Waals surface area (Å²) in [7, 11) is 1.41. The Hall–Kier alpha value is -0.830. The molecule has 3 nitrogen and oxygen atoms in total. The number of methoxy groups -OCH3 is 1. The fraction of sp³-hybridized carbons (Fsp3) is 0.727. The zero-order chi connectivity index (χ0) is 10.6.